The van der Waals surface area contributed by atoms with E-state index in [1.54, 1.807) is 23.5 Å². The second kappa shape index (κ2) is 7.71. The molecule has 0 aliphatic carbocycles. The largest absolute Gasteiger partial charge is 0.337 e. The highest BCUT2D eigenvalue weighted by Gasteiger charge is 2.26. The molecule has 158 valence electrons. The summed E-state index contributed by atoms with van der Waals surface area (Å²) in [6.07, 6.45) is 4.28. The van der Waals surface area contributed by atoms with E-state index >= 15 is 0 Å². The van der Waals surface area contributed by atoms with E-state index in [1.807, 2.05) is 48.7 Å². The number of benzene rings is 1. The molecule has 30 heavy (non-hydrogen) atoms. The van der Waals surface area contributed by atoms with Crippen molar-refractivity contribution in [3.05, 3.63) is 47.9 Å². The van der Waals surface area contributed by atoms with Crippen LogP contribution in [-0.4, -0.2) is 65.4 Å². The Morgan fingerprint density at radius 3 is 2.60 bits per heavy atom. The van der Waals surface area contributed by atoms with Gasteiger partial charge in [-0.15, -0.1) is 0 Å². The standard InChI is InChI=1S/C21H25N5O3S/c1-4-15-11-16(21(27)26-7-9-30(28,29)10-8-26)5-6-18(15)25(3)20-12-19-17(13-22-20)23-14-24(19)2/h5-6,11-14H,4,7-10H2,1-3H3. The molecular weight excluding hydrogens is 402 g/mol. The Morgan fingerprint density at radius 2 is 1.90 bits per heavy atom. The third kappa shape index (κ3) is 3.77. The van der Waals surface area contributed by atoms with Gasteiger partial charge in [0.15, 0.2) is 9.84 Å². The van der Waals surface area contributed by atoms with Crippen LogP contribution in [0.4, 0.5) is 11.5 Å². The zero-order valence-electron chi connectivity index (χ0n) is 17.4. The molecule has 0 bridgehead atoms. The molecule has 3 heterocycles. The number of hydrogen-bond acceptors (Lipinski definition) is 6. The average molecular weight is 428 g/mol. The molecule has 1 amide bonds. The Hall–Kier alpha value is -2.94. The summed E-state index contributed by atoms with van der Waals surface area (Å²) in [7, 11) is 0.881. The summed E-state index contributed by atoms with van der Waals surface area (Å²) in [5.74, 6) is 0.731. The molecule has 1 aliphatic rings. The molecule has 0 radical (unpaired) electrons. The van der Waals surface area contributed by atoms with Crippen LogP contribution >= 0.6 is 0 Å². The van der Waals surface area contributed by atoms with Gasteiger partial charge in [0.2, 0.25) is 0 Å². The van der Waals surface area contributed by atoms with Crippen molar-refractivity contribution in [2.75, 3.05) is 36.5 Å². The number of hydrogen-bond donors (Lipinski definition) is 0. The van der Waals surface area contributed by atoms with E-state index in [0.717, 1.165) is 34.5 Å². The Balaban J connectivity index is 1.61. The maximum Gasteiger partial charge on any atom is 0.253 e. The molecular formula is C21H25N5O3S. The SMILES string of the molecule is CCc1cc(C(=O)N2CCS(=O)(=O)CC2)ccc1N(C)c1cc2c(cn1)ncn2C. The zero-order valence-corrected chi connectivity index (χ0v) is 18.2. The van der Waals surface area contributed by atoms with Crippen molar-refractivity contribution < 1.29 is 13.2 Å². The molecule has 0 atom stereocenters. The van der Waals surface area contributed by atoms with Crippen molar-refractivity contribution in [3.8, 4) is 0 Å². The number of fused-ring (bicyclic) bond motifs is 1. The molecule has 0 N–H and O–H groups in total. The molecule has 0 saturated carbocycles. The molecule has 2 aromatic heterocycles. The number of aromatic nitrogens is 3. The number of rotatable bonds is 4. The quantitative estimate of drug-likeness (QED) is 0.634. The van der Waals surface area contributed by atoms with Gasteiger partial charge in [-0.3, -0.25) is 4.79 Å². The highest BCUT2D eigenvalue weighted by atomic mass is 32.2. The Labute approximate surface area is 176 Å². The van der Waals surface area contributed by atoms with Crippen molar-refractivity contribution >= 4 is 38.3 Å². The number of amides is 1. The lowest BCUT2D eigenvalue weighted by Gasteiger charge is -2.27. The van der Waals surface area contributed by atoms with Crippen LogP contribution in [0.25, 0.3) is 11.0 Å². The first-order valence-corrected chi connectivity index (χ1v) is 11.7. The van der Waals surface area contributed by atoms with E-state index < -0.39 is 9.84 Å². The first-order valence-electron chi connectivity index (χ1n) is 9.92. The predicted octanol–water partition coefficient (Wildman–Crippen LogP) is 2.17. The lowest BCUT2D eigenvalue weighted by molar-refractivity contribution is 0.0770. The van der Waals surface area contributed by atoms with Gasteiger partial charge < -0.3 is 14.4 Å². The monoisotopic (exact) mass is 427 g/mol. The molecule has 9 heteroatoms. The summed E-state index contributed by atoms with van der Waals surface area (Å²) in [5, 5.41) is 0. The molecule has 0 unspecified atom stereocenters. The van der Waals surface area contributed by atoms with Gasteiger partial charge in [0.05, 0.1) is 29.5 Å². The number of pyridine rings is 1. The first-order chi connectivity index (χ1) is 14.3. The van der Waals surface area contributed by atoms with Gasteiger partial charge >= 0.3 is 0 Å². The smallest absolute Gasteiger partial charge is 0.253 e. The van der Waals surface area contributed by atoms with Crippen LogP contribution in [0, 0.1) is 0 Å². The number of nitrogens with zero attached hydrogens (tertiary/aromatic N) is 5. The maximum atomic E-state index is 12.9. The molecule has 1 aromatic carbocycles. The molecule has 3 aromatic rings. The Bertz CT molecular complexity index is 1200. The van der Waals surface area contributed by atoms with Crippen LogP contribution in [0.3, 0.4) is 0 Å². The van der Waals surface area contributed by atoms with E-state index in [2.05, 4.69) is 9.97 Å². The van der Waals surface area contributed by atoms with E-state index in [1.165, 1.54) is 0 Å². The zero-order chi connectivity index (χ0) is 21.5. The van der Waals surface area contributed by atoms with Crippen LogP contribution < -0.4 is 4.90 Å². The predicted molar refractivity (Wildman–Crippen MR) is 117 cm³/mol. The van der Waals surface area contributed by atoms with Gasteiger partial charge in [-0.2, -0.15) is 0 Å². The Kier molecular flexibility index (Phi) is 5.23. The van der Waals surface area contributed by atoms with E-state index in [0.29, 0.717) is 5.56 Å². The fourth-order valence-electron chi connectivity index (χ4n) is 3.75. The molecule has 1 aliphatic heterocycles. The Morgan fingerprint density at radius 1 is 1.17 bits per heavy atom. The number of carbonyl (C=O) groups is 1. The van der Waals surface area contributed by atoms with Crippen molar-refractivity contribution in [2.45, 2.75) is 13.3 Å². The number of anilines is 2. The summed E-state index contributed by atoms with van der Waals surface area (Å²) < 4.78 is 25.2. The van der Waals surface area contributed by atoms with Crippen LogP contribution in [0.1, 0.15) is 22.8 Å². The molecule has 1 saturated heterocycles. The fourth-order valence-corrected chi connectivity index (χ4v) is 4.95. The van der Waals surface area contributed by atoms with Crippen molar-refractivity contribution in [2.24, 2.45) is 7.05 Å². The van der Waals surface area contributed by atoms with Gasteiger partial charge in [-0.05, 0) is 30.2 Å². The second-order valence-corrected chi connectivity index (χ2v) is 9.89. The van der Waals surface area contributed by atoms with Gasteiger partial charge in [0.25, 0.3) is 5.91 Å². The maximum absolute atomic E-state index is 12.9. The number of imidazole rings is 1. The molecule has 8 nitrogen and oxygen atoms in total. The highest BCUT2D eigenvalue weighted by Crippen LogP contribution is 2.29. The van der Waals surface area contributed by atoms with Crippen LogP contribution in [-0.2, 0) is 23.3 Å². The average Bonchev–Trinajstić information content (AvgIpc) is 3.12. The second-order valence-electron chi connectivity index (χ2n) is 7.59. The lowest BCUT2D eigenvalue weighted by atomic mass is 10.0. The number of aryl methyl sites for hydroxylation is 2. The van der Waals surface area contributed by atoms with E-state index in [9.17, 15) is 13.2 Å². The van der Waals surface area contributed by atoms with Crippen LogP contribution in [0.2, 0.25) is 0 Å². The van der Waals surface area contributed by atoms with Gasteiger partial charge in [-0.25, -0.2) is 18.4 Å². The summed E-state index contributed by atoms with van der Waals surface area (Å²) in [5.41, 5.74) is 4.43. The summed E-state index contributed by atoms with van der Waals surface area (Å²) in [6, 6.07) is 7.63. The minimum atomic E-state index is -3.02. The molecule has 0 spiro atoms. The summed E-state index contributed by atoms with van der Waals surface area (Å²) >= 11 is 0. The van der Waals surface area contributed by atoms with Crippen molar-refractivity contribution in [1.29, 1.82) is 0 Å². The summed E-state index contributed by atoms with van der Waals surface area (Å²) in [6.45, 7) is 2.55. The van der Waals surface area contributed by atoms with Gasteiger partial charge in [-0.1, -0.05) is 6.92 Å². The van der Waals surface area contributed by atoms with Gasteiger partial charge in [0, 0.05) is 44.5 Å². The van der Waals surface area contributed by atoms with Crippen molar-refractivity contribution in [3.63, 3.8) is 0 Å². The van der Waals surface area contributed by atoms with Gasteiger partial charge in [0.1, 0.15) is 11.3 Å². The molecule has 1 fully saturated rings. The normalized spacial score (nSPS) is 16.0. The lowest BCUT2D eigenvalue weighted by Crippen LogP contribution is -2.43. The van der Waals surface area contributed by atoms with Crippen LogP contribution in [0.5, 0.6) is 0 Å². The number of sulfone groups is 1. The molecule has 4 rings (SSSR count). The van der Waals surface area contributed by atoms with E-state index in [4.69, 9.17) is 0 Å². The highest BCUT2D eigenvalue weighted by molar-refractivity contribution is 7.91. The minimum Gasteiger partial charge on any atom is -0.337 e. The van der Waals surface area contributed by atoms with E-state index in [-0.39, 0.29) is 30.5 Å². The third-order valence-corrected chi connectivity index (χ3v) is 7.25. The summed E-state index contributed by atoms with van der Waals surface area (Å²) in [4.78, 5) is 25.4. The number of carbonyl (C=O) groups excluding carboxylic acids is 1. The topological polar surface area (TPSA) is 88.4 Å². The van der Waals surface area contributed by atoms with Crippen molar-refractivity contribution in [1.82, 2.24) is 19.4 Å². The van der Waals surface area contributed by atoms with Crippen LogP contribution in [0.15, 0.2) is 36.8 Å². The minimum absolute atomic E-state index is 0.0301. The first kappa shape index (κ1) is 20.3. The fraction of sp³-hybridized carbons (Fsp3) is 0.381. The third-order valence-electron chi connectivity index (χ3n) is 5.64.